The molecule has 1 saturated carbocycles. The van der Waals surface area contributed by atoms with E-state index in [-0.39, 0.29) is 11.5 Å². The van der Waals surface area contributed by atoms with Gasteiger partial charge in [0, 0.05) is 29.0 Å². The number of carbonyl (C=O) groups is 1. The van der Waals surface area contributed by atoms with Gasteiger partial charge in [0.15, 0.2) is 11.5 Å². The molecule has 41 heavy (non-hydrogen) atoms. The van der Waals surface area contributed by atoms with Gasteiger partial charge in [0.05, 0.1) is 17.2 Å². The molecule has 208 valence electrons. The third kappa shape index (κ3) is 5.30. The van der Waals surface area contributed by atoms with E-state index < -0.39 is 5.97 Å². The fraction of sp³-hybridized carbons (Fsp3) is 0.273. The molecule has 5 aromatic rings. The van der Waals surface area contributed by atoms with Crippen molar-refractivity contribution in [1.29, 1.82) is 0 Å². The molecular formula is C33H34N6O2. The predicted octanol–water partition coefficient (Wildman–Crippen LogP) is 6.20. The second-order valence-corrected chi connectivity index (χ2v) is 11.3. The maximum absolute atomic E-state index is 11.4. The third-order valence-corrected chi connectivity index (χ3v) is 8.14. The van der Waals surface area contributed by atoms with Gasteiger partial charge in [-0.1, -0.05) is 42.5 Å². The maximum atomic E-state index is 11.4. The van der Waals surface area contributed by atoms with Gasteiger partial charge < -0.3 is 16.2 Å². The quantitative estimate of drug-likeness (QED) is 0.222. The van der Waals surface area contributed by atoms with Gasteiger partial charge in [-0.25, -0.2) is 15.0 Å². The van der Waals surface area contributed by atoms with Gasteiger partial charge >= 0.3 is 5.97 Å². The molecule has 0 amide bonds. The molecule has 0 atom stereocenters. The van der Waals surface area contributed by atoms with Gasteiger partial charge in [0.25, 0.3) is 0 Å². The van der Waals surface area contributed by atoms with Crippen molar-refractivity contribution in [3.63, 3.8) is 0 Å². The van der Waals surface area contributed by atoms with Gasteiger partial charge in [-0.15, -0.1) is 0 Å². The van der Waals surface area contributed by atoms with Crippen LogP contribution >= 0.6 is 0 Å². The Morgan fingerprint density at radius 1 is 0.927 bits per heavy atom. The number of nitrogens with two attached hydrogens (primary N) is 1. The summed E-state index contributed by atoms with van der Waals surface area (Å²) >= 11 is 0. The van der Waals surface area contributed by atoms with Gasteiger partial charge in [0.1, 0.15) is 11.3 Å². The number of pyridine rings is 2. The molecular weight excluding hydrogens is 512 g/mol. The van der Waals surface area contributed by atoms with Crippen molar-refractivity contribution in [2.75, 3.05) is 5.73 Å². The lowest BCUT2D eigenvalue weighted by Gasteiger charge is -2.35. The summed E-state index contributed by atoms with van der Waals surface area (Å²) in [4.78, 5) is 25.7. The average Bonchev–Trinajstić information content (AvgIpc) is 3.36. The van der Waals surface area contributed by atoms with Crippen LogP contribution < -0.4 is 11.1 Å². The minimum absolute atomic E-state index is 0.223. The molecule has 1 fully saturated rings. The van der Waals surface area contributed by atoms with Crippen LogP contribution in [0.1, 0.15) is 45.1 Å². The molecule has 1 aliphatic carbocycles. The first-order valence-electron chi connectivity index (χ1n) is 14.1. The Morgan fingerprint density at radius 2 is 1.66 bits per heavy atom. The van der Waals surface area contributed by atoms with E-state index in [1.807, 2.05) is 59.2 Å². The Kier molecular flexibility index (Phi) is 7.01. The first kappa shape index (κ1) is 26.7. The number of fused-ring (bicyclic) bond motifs is 1. The van der Waals surface area contributed by atoms with E-state index in [2.05, 4.69) is 48.4 Å². The van der Waals surface area contributed by atoms with E-state index in [4.69, 9.17) is 15.7 Å². The minimum atomic E-state index is -0.678. The highest BCUT2D eigenvalue weighted by molar-refractivity contribution is 5.84. The molecule has 3 aromatic heterocycles. The van der Waals surface area contributed by atoms with Gasteiger partial charge in [-0.3, -0.25) is 9.36 Å². The van der Waals surface area contributed by atoms with Crippen molar-refractivity contribution >= 4 is 23.0 Å². The summed E-state index contributed by atoms with van der Waals surface area (Å²) in [6.45, 7) is 4.35. The van der Waals surface area contributed by atoms with E-state index in [1.54, 1.807) is 6.20 Å². The molecule has 2 aromatic carbocycles. The fourth-order valence-corrected chi connectivity index (χ4v) is 5.86. The average molecular weight is 547 g/mol. The third-order valence-electron chi connectivity index (χ3n) is 8.14. The summed E-state index contributed by atoms with van der Waals surface area (Å²) in [6.07, 6.45) is 4.84. The summed E-state index contributed by atoms with van der Waals surface area (Å²) in [5, 5.41) is 13.1. The van der Waals surface area contributed by atoms with Crippen molar-refractivity contribution in [3.05, 3.63) is 90.6 Å². The Bertz CT molecular complexity index is 1690. The number of benzene rings is 2. The van der Waals surface area contributed by atoms with Gasteiger partial charge in [-0.2, -0.15) is 0 Å². The molecule has 0 unspecified atom stereocenters. The number of aromatic nitrogens is 4. The molecule has 4 N–H and O–H groups in total. The lowest BCUT2D eigenvalue weighted by molar-refractivity contribution is -0.142. The molecule has 0 radical (unpaired) electrons. The number of carboxylic acids is 1. The van der Waals surface area contributed by atoms with Crippen LogP contribution in [0.2, 0.25) is 0 Å². The number of anilines is 1. The largest absolute Gasteiger partial charge is 0.481 e. The molecule has 0 saturated heterocycles. The molecule has 8 heteroatoms. The molecule has 8 nitrogen and oxygen atoms in total. The summed E-state index contributed by atoms with van der Waals surface area (Å²) in [5.74, 6) is 0.193. The van der Waals surface area contributed by atoms with Crippen LogP contribution in [0.4, 0.5) is 5.82 Å². The summed E-state index contributed by atoms with van der Waals surface area (Å²) < 4.78 is 2.05. The SMILES string of the molecule is CC(C)(NC1CCC(C(=O)O)CC1)c1ccc(-n2c(-c3cccnc3N)nc3ccc(-c4ccccc4)nc32)cc1. The van der Waals surface area contributed by atoms with Crippen molar-refractivity contribution in [2.24, 2.45) is 5.92 Å². The Morgan fingerprint density at radius 3 is 2.34 bits per heavy atom. The highest BCUT2D eigenvalue weighted by Gasteiger charge is 2.30. The number of hydrogen-bond acceptors (Lipinski definition) is 6. The molecule has 0 aliphatic heterocycles. The monoisotopic (exact) mass is 546 g/mol. The molecule has 0 bridgehead atoms. The summed E-state index contributed by atoms with van der Waals surface area (Å²) in [6, 6.07) is 26.6. The van der Waals surface area contributed by atoms with Crippen molar-refractivity contribution < 1.29 is 9.90 Å². The Hall–Kier alpha value is -4.56. The maximum Gasteiger partial charge on any atom is 0.306 e. The highest BCUT2D eigenvalue weighted by Crippen LogP contribution is 2.33. The van der Waals surface area contributed by atoms with E-state index in [0.717, 1.165) is 52.1 Å². The topological polar surface area (TPSA) is 119 Å². The molecule has 6 rings (SSSR count). The molecule has 0 spiro atoms. The number of nitrogens with zero attached hydrogens (tertiary/aromatic N) is 4. The van der Waals surface area contributed by atoms with Crippen molar-refractivity contribution in [1.82, 2.24) is 24.8 Å². The zero-order chi connectivity index (χ0) is 28.6. The van der Waals surface area contributed by atoms with Gasteiger partial charge in [-0.05, 0) is 81.5 Å². The van der Waals surface area contributed by atoms with E-state index in [9.17, 15) is 9.90 Å². The standard InChI is InChI=1S/C33H34N6O2/c1-33(2,38-24-14-10-22(11-15-24)32(40)41)23-12-16-25(17-13-23)39-30(26-9-6-20-35-29(26)34)37-28-19-18-27(36-31(28)39)21-7-4-3-5-8-21/h3-9,12-13,16-20,22,24,38H,10-11,14-15H2,1-2H3,(H2,34,35)(H,40,41). The second kappa shape index (κ2) is 10.8. The zero-order valence-electron chi connectivity index (χ0n) is 23.3. The van der Waals surface area contributed by atoms with E-state index >= 15 is 0 Å². The molecule has 1 aliphatic rings. The summed E-state index contributed by atoms with van der Waals surface area (Å²) in [5.41, 5.74) is 12.2. The van der Waals surface area contributed by atoms with Crippen LogP contribution in [0.5, 0.6) is 0 Å². The number of aliphatic carboxylic acids is 1. The number of imidazole rings is 1. The Balaban J connectivity index is 1.37. The lowest BCUT2D eigenvalue weighted by atomic mass is 9.84. The number of nitrogen functional groups attached to an aromatic ring is 1. The zero-order valence-corrected chi connectivity index (χ0v) is 23.3. The van der Waals surface area contributed by atoms with E-state index in [1.165, 1.54) is 0 Å². The minimum Gasteiger partial charge on any atom is -0.481 e. The smallest absolute Gasteiger partial charge is 0.306 e. The lowest BCUT2D eigenvalue weighted by Crippen LogP contribution is -2.45. The van der Waals surface area contributed by atoms with Crippen LogP contribution in [0.25, 0.3) is 39.5 Å². The fourth-order valence-electron chi connectivity index (χ4n) is 5.86. The normalized spacial score (nSPS) is 17.5. The van der Waals surface area contributed by atoms with Crippen LogP contribution in [-0.4, -0.2) is 36.6 Å². The predicted molar refractivity (Wildman–Crippen MR) is 161 cm³/mol. The second-order valence-electron chi connectivity index (χ2n) is 11.3. The number of hydrogen-bond donors (Lipinski definition) is 3. The highest BCUT2D eigenvalue weighted by atomic mass is 16.4. The number of nitrogens with one attached hydrogen (secondary N) is 1. The number of carboxylic acid groups (broad SMARTS) is 1. The van der Waals surface area contributed by atoms with Crippen molar-refractivity contribution in [2.45, 2.75) is 51.1 Å². The first-order chi connectivity index (χ1) is 19.8. The molecule has 3 heterocycles. The Labute approximate surface area is 239 Å². The van der Waals surface area contributed by atoms with Gasteiger partial charge in [0.2, 0.25) is 0 Å². The van der Waals surface area contributed by atoms with Crippen LogP contribution in [-0.2, 0) is 10.3 Å². The van der Waals surface area contributed by atoms with Crippen LogP contribution in [0.15, 0.2) is 85.1 Å². The van der Waals surface area contributed by atoms with Crippen molar-refractivity contribution in [3.8, 4) is 28.3 Å². The number of rotatable bonds is 7. The first-order valence-corrected chi connectivity index (χ1v) is 14.1. The summed E-state index contributed by atoms with van der Waals surface area (Å²) in [7, 11) is 0. The van der Waals surface area contributed by atoms with Crippen LogP contribution in [0.3, 0.4) is 0 Å². The van der Waals surface area contributed by atoms with E-state index in [0.29, 0.717) is 30.5 Å². The van der Waals surface area contributed by atoms with Crippen LogP contribution in [0, 0.1) is 5.92 Å².